The van der Waals surface area contributed by atoms with E-state index >= 15 is 0 Å². The third-order valence-electron chi connectivity index (χ3n) is 10.3. The first-order chi connectivity index (χ1) is 22.3. The minimum Gasteiger partial charge on any atom is -0.361 e. The Morgan fingerprint density at radius 1 is 0.756 bits per heavy atom. The largest absolute Gasteiger partial charge is 0.361 e. The van der Waals surface area contributed by atoms with Crippen LogP contribution in [-0.2, 0) is 0 Å². The Kier molecular flexibility index (Phi) is 6.71. The van der Waals surface area contributed by atoms with Crippen molar-refractivity contribution in [1.82, 2.24) is 15.0 Å². The number of nitrogens with zero attached hydrogens (tertiary/aromatic N) is 4. The predicted octanol–water partition coefficient (Wildman–Crippen LogP) is 8.61. The molecule has 7 atom stereocenters. The fourth-order valence-corrected chi connectivity index (χ4v) is 9.80. The highest BCUT2D eigenvalue weighted by Crippen LogP contribution is 2.58. The summed E-state index contributed by atoms with van der Waals surface area (Å²) in [6, 6.07) is 29.2. The molecule has 5 aliphatic rings. The van der Waals surface area contributed by atoms with Gasteiger partial charge in [-0.1, -0.05) is 90.9 Å². The first kappa shape index (κ1) is 27.0. The highest BCUT2D eigenvalue weighted by Gasteiger charge is 2.53. The minimum absolute atomic E-state index is 0.130. The minimum atomic E-state index is -0.130. The SMILES string of the molecule is C1#CC(c2nc(-c3ccccc3)nc(-c3ccc(N4C5C=CC=CC5[C@@H]5CC6Sc7ccccc7C6CC54)cc3)n2)C=CCC1. The van der Waals surface area contributed by atoms with Gasteiger partial charge in [-0.05, 0) is 67.0 Å². The Bertz CT molecular complexity index is 1900. The van der Waals surface area contributed by atoms with Crippen LogP contribution in [0.15, 0.2) is 120 Å². The molecule has 4 nitrogen and oxygen atoms in total. The number of fused-ring (bicyclic) bond motifs is 6. The number of rotatable bonds is 4. The molecule has 0 N–H and O–H groups in total. The van der Waals surface area contributed by atoms with Gasteiger partial charge in [-0.25, -0.2) is 15.0 Å². The number of aromatic nitrogens is 3. The second-order valence-corrected chi connectivity index (χ2v) is 14.0. The van der Waals surface area contributed by atoms with Gasteiger partial charge in [0.1, 0.15) is 0 Å². The van der Waals surface area contributed by atoms with E-state index in [2.05, 4.69) is 126 Å². The monoisotopic (exact) mass is 602 g/mol. The zero-order valence-corrected chi connectivity index (χ0v) is 25.9. The number of hydrogen-bond donors (Lipinski definition) is 0. The van der Waals surface area contributed by atoms with Gasteiger partial charge in [0.2, 0.25) is 0 Å². The molecule has 2 aliphatic heterocycles. The molecule has 3 aromatic carbocycles. The molecule has 0 bridgehead atoms. The van der Waals surface area contributed by atoms with Crippen LogP contribution in [0.1, 0.15) is 48.9 Å². The molecular formula is C40H34N4S. The Labute approximate surface area is 269 Å². The van der Waals surface area contributed by atoms with Gasteiger partial charge in [-0.15, -0.1) is 17.7 Å². The van der Waals surface area contributed by atoms with E-state index in [4.69, 9.17) is 15.0 Å². The molecule has 6 unspecified atom stereocenters. The van der Waals surface area contributed by atoms with Gasteiger partial charge in [0, 0.05) is 45.3 Å². The highest BCUT2D eigenvalue weighted by atomic mass is 32.2. The van der Waals surface area contributed by atoms with E-state index in [1.165, 1.54) is 23.4 Å². The summed E-state index contributed by atoms with van der Waals surface area (Å²) in [5, 5.41) is 0.691. The van der Waals surface area contributed by atoms with Crippen LogP contribution in [0.25, 0.3) is 22.8 Å². The summed E-state index contributed by atoms with van der Waals surface area (Å²) in [6.45, 7) is 0. The lowest BCUT2D eigenvalue weighted by atomic mass is 9.71. The van der Waals surface area contributed by atoms with Crippen molar-refractivity contribution < 1.29 is 0 Å². The molecular weight excluding hydrogens is 569 g/mol. The van der Waals surface area contributed by atoms with Crippen LogP contribution >= 0.6 is 11.8 Å². The fourth-order valence-electron chi connectivity index (χ4n) is 8.22. The molecule has 0 amide bonds. The summed E-state index contributed by atoms with van der Waals surface area (Å²) in [6.07, 6.45) is 18.1. The molecule has 3 heterocycles. The molecule has 1 saturated carbocycles. The van der Waals surface area contributed by atoms with E-state index in [-0.39, 0.29) is 5.92 Å². The van der Waals surface area contributed by atoms with E-state index in [0.29, 0.717) is 52.6 Å². The average molecular weight is 603 g/mol. The molecule has 0 spiro atoms. The van der Waals surface area contributed by atoms with E-state index in [1.54, 1.807) is 5.56 Å². The smallest absolute Gasteiger partial charge is 0.163 e. The lowest BCUT2D eigenvalue weighted by Gasteiger charge is -2.40. The van der Waals surface area contributed by atoms with E-state index in [9.17, 15) is 0 Å². The van der Waals surface area contributed by atoms with Crippen LogP contribution < -0.4 is 4.90 Å². The van der Waals surface area contributed by atoms with Gasteiger partial charge in [-0.2, -0.15) is 0 Å². The van der Waals surface area contributed by atoms with Crippen LogP contribution in [0.4, 0.5) is 5.69 Å². The second-order valence-electron chi connectivity index (χ2n) is 12.8. The van der Waals surface area contributed by atoms with Crippen LogP contribution in [0, 0.1) is 23.7 Å². The number of benzene rings is 3. The normalized spacial score (nSPS) is 28.8. The lowest BCUT2D eigenvalue weighted by molar-refractivity contribution is 0.290. The molecule has 45 heavy (non-hydrogen) atoms. The summed E-state index contributed by atoms with van der Waals surface area (Å²) in [5.74, 6) is 10.5. The van der Waals surface area contributed by atoms with Gasteiger partial charge in [-0.3, -0.25) is 0 Å². The summed E-state index contributed by atoms with van der Waals surface area (Å²) in [4.78, 5) is 19.1. The van der Waals surface area contributed by atoms with Crippen molar-refractivity contribution in [3.63, 3.8) is 0 Å². The van der Waals surface area contributed by atoms with Crippen molar-refractivity contribution in [2.45, 2.75) is 59.7 Å². The quantitative estimate of drug-likeness (QED) is 0.173. The number of anilines is 1. The third-order valence-corrected chi connectivity index (χ3v) is 11.7. The predicted molar refractivity (Wildman–Crippen MR) is 183 cm³/mol. The molecule has 3 aliphatic carbocycles. The van der Waals surface area contributed by atoms with Crippen molar-refractivity contribution in [3.8, 4) is 34.6 Å². The number of hydrogen-bond acceptors (Lipinski definition) is 5. The highest BCUT2D eigenvalue weighted by molar-refractivity contribution is 8.00. The molecule has 2 fully saturated rings. The maximum absolute atomic E-state index is 5.00. The Morgan fingerprint density at radius 3 is 2.40 bits per heavy atom. The maximum atomic E-state index is 5.00. The fraction of sp³-hybridized carbons (Fsp3) is 0.275. The topological polar surface area (TPSA) is 41.9 Å². The molecule has 220 valence electrons. The summed E-state index contributed by atoms with van der Waals surface area (Å²) < 4.78 is 0. The van der Waals surface area contributed by atoms with Gasteiger partial charge in [0.25, 0.3) is 0 Å². The Morgan fingerprint density at radius 2 is 1.53 bits per heavy atom. The van der Waals surface area contributed by atoms with Crippen LogP contribution in [0.5, 0.6) is 0 Å². The van der Waals surface area contributed by atoms with E-state index in [0.717, 1.165) is 24.0 Å². The van der Waals surface area contributed by atoms with Crippen LogP contribution in [-0.4, -0.2) is 32.3 Å². The van der Waals surface area contributed by atoms with Crippen LogP contribution in [0.2, 0.25) is 0 Å². The van der Waals surface area contributed by atoms with Gasteiger partial charge in [0.05, 0.1) is 12.0 Å². The van der Waals surface area contributed by atoms with Crippen molar-refractivity contribution in [1.29, 1.82) is 0 Å². The standard InChI is InChI=1S/C40H34N4S/c1-2-5-13-26(12-4-1)38-41-39(27-14-6-3-7-15-27)43-40(42-38)28-20-22-29(23-21-28)44-34-18-10-8-16-30(34)32-25-37-33(24-35(32)44)31-17-9-11-19-36(31)45-37/h3-4,6-12,14-23,26,30,32-35,37H,1-2,24-25H2/t26?,30?,32-,33?,34?,35?,37?/m0/s1. The first-order valence-electron chi connectivity index (χ1n) is 16.3. The Balaban J connectivity index is 1.07. The maximum Gasteiger partial charge on any atom is 0.163 e. The first-order valence-corrected chi connectivity index (χ1v) is 17.1. The van der Waals surface area contributed by atoms with Crippen molar-refractivity contribution in [2.24, 2.45) is 11.8 Å². The molecule has 0 radical (unpaired) electrons. The second kappa shape index (κ2) is 11.2. The molecule has 4 aromatic rings. The number of thioether (sulfide) groups is 1. The van der Waals surface area contributed by atoms with Crippen LogP contribution in [0.3, 0.4) is 0 Å². The van der Waals surface area contributed by atoms with Gasteiger partial charge >= 0.3 is 0 Å². The zero-order chi connectivity index (χ0) is 29.7. The summed E-state index contributed by atoms with van der Waals surface area (Å²) >= 11 is 2.12. The van der Waals surface area contributed by atoms with Crippen molar-refractivity contribution in [3.05, 3.63) is 127 Å². The number of allylic oxidation sites excluding steroid dienone is 4. The average Bonchev–Trinajstić information content (AvgIpc) is 3.47. The van der Waals surface area contributed by atoms with E-state index < -0.39 is 0 Å². The summed E-state index contributed by atoms with van der Waals surface area (Å²) in [5.41, 5.74) is 4.84. The molecule has 1 aromatic heterocycles. The lowest BCUT2D eigenvalue weighted by Crippen LogP contribution is -2.42. The van der Waals surface area contributed by atoms with E-state index in [1.807, 2.05) is 18.2 Å². The molecule has 5 heteroatoms. The molecule has 9 rings (SSSR count). The zero-order valence-electron chi connectivity index (χ0n) is 25.0. The van der Waals surface area contributed by atoms with Crippen molar-refractivity contribution in [2.75, 3.05) is 4.90 Å². The molecule has 1 saturated heterocycles. The van der Waals surface area contributed by atoms with Gasteiger partial charge < -0.3 is 4.90 Å². The third kappa shape index (κ3) is 4.75. The van der Waals surface area contributed by atoms with Crippen molar-refractivity contribution >= 4 is 17.4 Å². The Hall–Kier alpha value is -4.40. The van der Waals surface area contributed by atoms with Gasteiger partial charge in [0.15, 0.2) is 17.5 Å². The summed E-state index contributed by atoms with van der Waals surface area (Å²) in [7, 11) is 0.